The molecule has 3 rings (SSSR count). The van der Waals surface area contributed by atoms with Gasteiger partial charge in [0, 0.05) is 30.8 Å². The van der Waals surface area contributed by atoms with Crippen LogP contribution in [0.5, 0.6) is 5.75 Å². The SMILES string of the molecule is COCCCN1C(=O)C(=O)/C(=C(\O)c2cccc(Cl)c2)C1c1ccc(O)c(Cl)c1. The Hall–Kier alpha value is -2.54. The van der Waals surface area contributed by atoms with Crippen molar-refractivity contribution in [1.29, 1.82) is 0 Å². The van der Waals surface area contributed by atoms with Crippen molar-refractivity contribution in [2.45, 2.75) is 12.5 Å². The highest BCUT2D eigenvalue weighted by Crippen LogP contribution is 2.41. The van der Waals surface area contributed by atoms with Gasteiger partial charge in [-0.05, 0) is 36.2 Å². The van der Waals surface area contributed by atoms with Crippen LogP contribution in [0.25, 0.3) is 5.76 Å². The molecule has 1 atom stereocenters. The molecule has 1 aliphatic rings. The lowest BCUT2D eigenvalue weighted by Gasteiger charge is -2.25. The number of rotatable bonds is 6. The lowest BCUT2D eigenvalue weighted by molar-refractivity contribution is -0.140. The Bertz CT molecular complexity index is 989. The third-order valence-corrected chi connectivity index (χ3v) is 5.21. The maximum Gasteiger partial charge on any atom is 0.295 e. The van der Waals surface area contributed by atoms with Crippen LogP contribution in [0, 0.1) is 0 Å². The number of ketones is 1. The van der Waals surface area contributed by atoms with Gasteiger partial charge in [0.1, 0.15) is 11.5 Å². The van der Waals surface area contributed by atoms with Gasteiger partial charge >= 0.3 is 0 Å². The standard InChI is InChI=1S/C21H19Cl2NO5/c1-29-9-3-8-24-18(12-6-7-16(25)15(23)11-12)17(20(27)21(24)28)19(26)13-4-2-5-14(22)10-13/h2,4-7,10-11,18,25-26H,3,8-9H2,1H3/b19-17-. The number of aliphatic hydroxyl groups excluding tert-OH is 1. The van der Waals surface area contributed by atoms with Crippen LogP contribution in [0.1, 0.15) is 23.6 Å². The van der Waals surface area contributed by atoms with E-state index in [0.717, 1.165) is 0 Å². The van der Waals surface area contributed by atoms with Crippen LogP contribution in [-0.2, 0) is 14.3 Å². The van der Waals surface area contributed by atoms with E-state index < -0.39 is 17.7 Å². The quantitative estimate of drug-likeness (QED) is 0.308. The fourth-order valence-electron chi connectivity index (χ4n) is 3.32. The molecule has 2 aromatic carbocycles. The molecule has 0 bridgehead atoms. The highest BCUT2D eigenvalue weighted by Gasteiger charge is 2.45. The summed E-state index contributed by atoms with van der Waals surface area (Å²) in [6.07, 6.45) is 0.503. The van der Waals surface area contributed by atoms with Crippen LogP contribution in [0.2, 0.25) is 10.0 Å². The van der Waals surface area contributed by atoms with Crippen molar-refractivity contribution in [2.24, 2.45) is 0 Å². The number of nitrogens with zero attached hydrogens (tertiary/aromatic N) is 1. The number of carbonyl (C=O) groups excluding carboxylic acids is 2. The van der Waals surface area contributed by atoms with E-state index in [1.54, 1.807) is 31.4 Å². The summed E-state index contributed by atoms with van der Waals surface area (Å²) < 4.78 is 5.04. The second kappa shape index (κ2) is 8.86. The number of benzene rings is 2. The van der Waals surface area contributed by atoms with Crippen molar-refractivity contribution >= 4 is 40.7 Å². The summed E-state index contributed by atoms with van der Waals surface area (Å²) in [6, 6.07) is 9.94. The number of aromatic hydroxyl groups is 1. The number of phenols is 1. The zero-order valence-corrected chi connectivity index (χ0v) is 17.1. The number of phenolic OH excluding ortho intramolecular Hbond substituents is 1. The first-order chi connectivity index (χ1) is 13.8. The molecule has 1 unspecified atom stereocenters. The number of carbonyl (C=O) groups is 2. The fraction of sp³-hybridized carbons (Fsp3) is 0.238. The molecule has 6 nitrogen and oxygen atoms in total. The second-order valence-electron chi connectivity index (χ2n) is 6.56. The van der Waals surface area contributed by atoms with E-state index in [4.69, 9.17) is 27.9 Å². The monoisotopic (exact) mass is 435 g/mol. The Labute approximate surface area is 177 Å². The van der Waals surface area contributed by atoms with Gasteiger partial charge in [-0.25, -0.2) is 0 Å². The molecule has 0 saturated carbocycles. The van der Waals surface area contributed by atoms with Crippen LogP contribution >= 0.6 is 23.2 Å². The summed E-state index contributed by atoms with van der Waals surface area (Å²) in [5.41, 5.74) is 0.756. The molecule has 1 heterocycles. The van der Waals surface area contributed by atoms with Gasteiger partial charge in [0.25, 0.3) is 11.7 Å². The summed E-state index contributed by atoms with van der Waals surface area (Å²) in [5, 5.41) is 21.1. The van der Waals surface area contributed by atoms with Gasteiger partial charge < -0.3 is 19.8 Å². The van der Waals surface area contributed by atoms with Crippen molar-refractivity contribution in [3.63, 3.8) is 0 Å². The summed E-state index contributed by atoms with van der Waals surface area (Å²) >= 11 is 12.1. The molecule has 0 aliphatic carbocycles. The molecule has 1 saturated heterocycles. The van der Waals surface area contributed by atoms with Gasteiger partial charge in [0.15, 0.2) is 0 Å². The molecule has 2 aromatic rings. The molecule has 1 fully saturated rings. The van der Waals surface area contributed by atoms with E-state index in [2.05, 4.69) is 0 Å². The lowest BCUT2D eigenvalue weighted by atomic mass is 9.95. The molecule has 8 heteroatoms. The van der Waals surface area contributed by atoms with Crippen molar-refractivity contribution < 1.29 is 24.5 Å². The van der Waals surface area contributed by atoms with Crippen LogP contribution in [0.4, 0.5) is 0 Å². The summed E-state index contributed by atoms with van der Waals surface area (Å²) in [5.74, 6) is -1.97. The molecule has 1 aliphatic heterocycles. The maximum absolute atomic E-state index is 12.8. The Morgan fingerprint density at radius 3 is 2.59 bits per heavy atom. The van der Waals surface area contributed by atoms with Gasteiger partial charge in [0.05, 0.1) is 16.6 Å². The van der Waals surface area contributed by atoms with Gasteiger partial charge in [-0.15, -0.1) is 0 Å². The van der Waals surface area contributed by atoms with E-state index in [9.17, 15) is 19.8 Å². The van der Waals surface area contributed by atoms with Gasteiger partial charge in [0.2, 0.25) is 0 Å². The maximum atomic E-state index is 12.8. The largest absolute Gasteiger partial charge is 0.507 e. The molecule has 29 heavy (non-hydrogen) atoms. The van der Waals surface area contributed by atoms with Crippen molar-refractivity contribution in [1.82, 2.24) is 4.90 Å². The number of likely N-dealkylation sites (tertiary alicyclic amines) is 1. The molecule has 152 valence electrons. The molecular weight excluding hydrogens is 417 g/mol. The first-order valence-corrected chi connectivity index (χ1v) is 9.62. The molecule has 0 radical (unpaired) electrons. The molecular formula is C21H19Cl2NO5. The third kappa shape index (κ3) is 4.24. The molecule has 2 N–H and O–H groups in total. The van der Waals surface area contributed by atoms with E-state index in [-0.39, 0.29) is 28.6 Å². The van der Waals surface area contributed by atoms with Crippen LogP contribution in [0.3, 0.4) is 0 Å². The number of methoxy groups -OCH3 is 1. The number of hydrogen-bond acceptors (Lipinski definition) is 5. The van der Waals surface area contributed by atoms with E-state index in [1.165, 1.54) is 23.1 Å². The first-order valence-electron chi connectivity index (χ1n) is 8.87. The average molecular weight is 436 g/mol. The van der Waals surface area contributed by atoms with Crippen molar-refractivity contribution in [2.75, 3.05) is 20.3 Å². The summed E-state index contributed by atoms with van der Waals surface area (Å²) in [7, 11) is 1.55. The minimum absolute atomic E-state index is 0.0589. The smallest absolute Gasteiger partial charge is 0.295 e. The molecule has 0 aromatic heterocycles. The number of amides is 1. The van der Waals surface area contributed by atoms with Crippen molar-refractivity contribution in [3.05, 3.63) is 69.2 Å². The Balaban J connectivity index is 2.15. The predicted molar refractivity (Wildman–Crippen MR) is 110 cm³/mol. The normalized spacial score (nSPS) is 18.4. The minimum Gasteiger partial charge on any atom is -0.507 e. The van der Waals surface area contributed by atoms with Crippen molar-refractivity contribution in [3.8, 4) is 5.75 Å². The van der Waals surface area contributed by atoms with Crippen LogP contribution in [0.15, 0.2) is 48.0 Å². The average Bonchev–Trinajstić information content (AvgIpc) is 2.94. The summed E-state index contributed by atoms with van der Waals surface area (Å²) in [6.45, 7) is 0.647. The highest BCUT2D eigenvalue weighted by atomic mass is 35.5. The molecule has 0 spiro atoms. The van der Waals surface area contributed by atoms with Crippen LogP contribution in [-0.4, -0.2) is 47.1 Å². The van der Waals surface area contributed by atoms with Gasteiger partial charge in [-0.3, -0.25) is 9.59 Å². The number of halogens is 2. The molecule has 1 amide bonds. The number of ether oxygens (including phenoxy) is 1. The Kier molecular flexibility index (Phi) is 6.47. The first kappa shape index (κ1) is 21.2. The highest BCUT2D eigenvalue weighted by molar-refractivity contribution is 6.46. The second-order valence-corrected chi connectivity index (χ2v) is 7.40. The van der Waals surface area contributed by atoms with E-state index in [1.807, 2.05) is 0 Å². The minimum atomic E-state index is -0.857. The Morgan fingerprint density at radius 1 is 1.17 bits per heavy atom. The Morgan fingerprint density at radius 2 is 1.93 bits per heavy atom. The van der Waals surface area contributed by atoms with Gasteiger partial charge in [-0.2, -0.15) is 0 Å². The van der Waals surface area contributed by atoms with Gasteiger partial charge in [-0.1, -0.05) is 41.4 Å². The summed E-state index contributed by atoms with van der Waals surface area (Å²) in [4.78, 5) is 26.9. The number of aliphatic hydroxyl groups is 1. The number of hydrogen-bond donors (Lipinski definition) is 2. The third-order valence-electron chi connectivity index (χ3n) is 4.67. The predicted octanol–water partition coefficient (Wildman–Crippen LogP) is 4.16. The van der Waals surface area contributed by atoms with E-state index >= 15 is 0 Å². The lowest BCUT2D eigenvalue weighted by Crippen LogP contribution is -2.31. The zero-order chi connectivity index (χ0) is 21.1. The fourth-order valence-corrected chi connectivity index (χ4v) is 3.70. The van der Waals surface area contributed by atoms with Crippen LogP contribution < -0.4 is 0 Å². The van der Waals surface area contributed by atoms with E-state index in [0.29, 0.717) is 29.2 Å². The number of Topliss-reactive ketones (excluding diaryl/α,β-unsaturated/α-hetero) is 1. The zero-order valence-electron chi connectivity index (χ0n) is 15.6. The topological polar surface area (TPSA) is 87.1 Å².